The Morgan fingerprint density at radius 1 is 1.10 bits per heavy atom. The van der Waals surface area contributed by atoms with Crippen molar-refractivity contribution in [1.29, 1.82) is 0 Å². The van der Waals surface area contributed by atoms with Crippen LogP contribution in [0.1, 0.15) is 24.4 Å². The molecule has 0 aliphatic carbocycles. The van der Waals surface area contributed by atoms with E-state index >= 15 is 0 Å². The van der Waals surface area contributed by atoms with Crippen LogP contribution in [0.2, 0.25) is 5.02 Å². The van der Waals surface area contributed by atoms with Gasteiger partial charge in [0.05, 0.1) is 19.4 Å². The smallest absolute Gasteiger partial charge is 0.244 e. The number of benzene rings is 1. The van der Waals surface area contributed by atoms with E-state index in [4.69, 9.17) is 21.1 Å². The van der Waals surface area contributed by atoms with Gasteiger partial charge < -0.3 is 14.4 Å². The summed E-state index contributed by atoms with van der Waals surface area (Å²) >= 11 is 6.07. The molecule has 2 fully saturated rings. The third-order valence-corrected chi connectivity index (χ3v) is 5.77. The van der Waals surface area contributed by atoms with Crippen molar-refractivity contribution in [2.75, 3.05) is 39.4 Å². The van der Waals surface area contributed by atoms with Gasteiger partial charge in [-0.3, -0.25) is 14.7 Å². The van der Waals surface area contributed by atoms with E-state index in [0.29, 0.717) is 31.3 Å². The molecule has 1 aromatic carbocycles. The molecule has 6 nitrogen and oxygen atoms in total. The van der Waals surface area contributed by atoms with Crippen LogP contribution in [-0.4, -0.2) is 66.2 Å². The topological polar surface area (TPSA) is 54.9 Å². The Hall–Kier alpha value is -2.15. The monoisotopic (exact) mass is 415 g/mol. The first-order valence-corrected chi connectivity index (χ1v) is 10.5. The molecule has 0 bridgehead atoms. The second-order valence-corrected chi connectivity index (χ2v) is 7.87. The lowest BCUT2D eigenvalue weighted by molar-refractivity contribution is -0.141. The van der Waals surface area contributed by atoms with Gasteiger partial charge in [0.2, 0.25) is 5.91 Å². The van der Waals surface area contributed by atoms with Crippen molar-refractivity contribution in [3.8, 4) is 5.75 Å². The average Bonchev–Trinajstić information content (AvgIpc) is 2.77. The number of halogens is 1. The van der Waals surface area contributed by atoms with Gasteiger partial charge in [0.15, 0.2) is 0 Å². The zero-order valence-electron chi connectivity index (χ0n) is 16.4. The summed E-state index contributed by atoms with van der Waals surface area (Å²) < 4.78 is 11.5. The number of likely N-dealkylation sites (tertiary alicyclic amines) is 1. The van der Waals surface area contributed by atoms with Crippen molar-refractivity contribution in [1.82, 2.24) is 14.8 Å². The van der Waals surface area contributed by atoms with Gasteiger partial charge in [0, 0.05) is 50.2 Å². The van der Waals surface area contributed by atoms with Crippen molar-refractivity contribution >= 4 is 17.5 Å². The van der Waals surface area contributed by atoms with Crippen LogP contribution in [0, 0.1) is 0 Å². The maximum atomic E-state index is 13.5. The number of hydrogen-bond acceptors (Lipinski definition) is 5. The van der Waals surface area contributed by atoms with E-state index in [2.05, 4.69) is 9.88 Å². The number of pyridine rings is 1. The number of aromatic nitrogens is 1. The SMILES string of the molecule is O=C([C@H](c1ccc(Cl)cc1)N1CCOCC1)N1CCC(Oc2cccnc2)CC1. The Morgan fingerprint density at radius 2 is 1.83 bits per heavy atom. The molecule has 4 rings (SSSR count). The van der Waals surface area contributed by atoms with Crippen LogP contribution >= 0.6 is 11.6 Å². The molecule has 29 heavy (non-hydrogen) atoms. The van der Waals surface area contributed by atoms with Gasteiger partial charge in [0.1, 0.15) is 17.9 Å². The Bertz CT molecular complexity index is 789. The van der Waals surface area contributed by atoms with E-state index in [0.717, 1.165) is 37.2 Å². The highest BCUT2D eigenvalue weighted by Gasteiger charge is 2.34. The van der Waals surface area contributed by atoms with E-state index in [1.807, 2.05) is 41.3 Å². The average molecular weight is 416 g/mol. The second-order valence-electron chi connectivity index (χ2n) is 7.43. The molecule has 2 aromatic rings. The largest absolute Gasteiger partial charge is 0.489 e. The van der Waals surface area contributed by atoms with Gasteiger partial charge in [0.25, 0.3) is 0 Å². The Kier molecular flexibility index (Phi) is 6.64. The number of rotatable bonds is 5. The van der Waals surface area contributed by atoms with Crippen molar-refractivity contribution in [3.63, 3.8) is 0 Å². The van der Waals surface area contributed by atoms with E-state index < -0.39 is 0 Å². The van der Waals surface area contributed by atoms with Crippen molar-refractivity contribution in [3.05, 3.63) is 59.4 Å². The minimum absolute atomic E-state index is 0.112. The first kappa shape index (κ1) is 20.1. The van der Waals surface area contributed by atoms with E-state index in [1.54, 1.807) is 12.4 Å². The number of morpholine rings is 1. The highest BCUT2D eigenvalue weighted by atomic mass is 35.5. The molecular formula is C22H26ClN3O3. The molecule has 2 saturated heterocycles. The first-order valence-electron chi connectivity index (χ1n) is 10.1. The molecule has 1 amide bonds. The molecule has 3 heterocycles. The zero-order valence-corrected chi connectivity index (χ0v) is 17.1. The summed E-state index contributed by atoms with van der Waals surface area (Å²) in [5, 5.41) is 0.676. The molecule has 7 heteroatoms. The van der Waals surface area contributed by atoms with Crippen LogP contribution in [0.25, 0.3) is 0 Å². The molecule has 2 aliphatic rings. The third kappa shape index (κ3) is 5.07. The van der Waals surface area contributed by atoms with Gasteiger partial charge in [-0.1, -0.05) is 23.7 Å². The summed E-state index contributed by atoms with van der Waals surface area (Å²) in [7, 11) is 0. The number of nitrogens with zero attached hydrogens (tertiary/aromatic N) is 3. The second kappa shape index (κ2) is 9.57. The number of carbonyl (C=O) groups is 1. The fourth-order valence-electron chi connectivity index (χ4n) is 3.97. The lowest BCUT2D eigenvalue weighted by atomic mass is 10.0. The molecule has 2 aliphatic heterocycles. The standard InChI is InChI=1S/C22H26ClN3O3/c23-18-5-3-17(4-6-18)21(25-12-14-28-15-13-25)22(27)26-10-7-19(8-11-26)29-20-2-1-9-24-16-20/h1-6,9,16,19,21H,7-8,10-15H2/t21-/m0/s1. The summed E-state index contributed by atoms with van der Waals surface area (Å²) in [6.45, 7) is 4.19. The fraction of sp³-hybridized carbons (Fsp3) is 0.455. The Balaban J connectivity index is 1.43. The van der Waals surface area contributed by atoms with Gasteiger partial charge >= 0.3 is 0 Å². The maximum absolute atomic E-state index is 13.5. The minimum Gasteiger partial charge on any atom is -0.489 e. The van der Waals surface area contributed by atoms with Gasteiger partial charge in [-0.15, -0.1) is 0 Å². The maximum Gasteiger partial charge on any atom is 0.244 e. The number of carbonyl (C=O) groups excluding carboxylic acids is 1. The van der Waals surface area contributed by atoms with Crippen LogP contribution < -0.4 is 4.74 Å². The van der Waals surface area contributed by atoms with Crippen LogP contribution in [0.3, 0.4) is 0 Å². The normalized spacial score (nSPS) is 19.7. The van der Waals surface area contributed by atoms with E-state index in [-0.39, 0.29) is 18.1 Å². The summed E-state index contributed by atoms with van der Waals surface area (Å²) in [6.07, 6.45) is 5.21. The van der Waals surface area contributed by atoms with E-state index in [1.165, 1.54) is 0 Å². The van der Waals surface area contributed by atoms with E-state index in [9.17, 15) is 4.79 Å². The van der Waals surface area contributed by atoms with Crippen LogP contribution in [0.4, 0.5) is 0 Å². The summed E-state index contributed by atoms with van der Waals surface area (Å²) in [5.74, 6) is 0.929. The summed E-state index contributed by atoms with van der Waals surface area (Å²) in [4.78, 5) is 21.8. The lowest BCUT2D eigenvalue weighted by Gasteiger charge is -2.39. The zero-order chi connectivity index (χ0) is 20.1. The summed E-state index contributed by atoms with van der Waals surface area (Å²) in [6, 6.07) is 11.1. The van der Waals surface area contributed by atoms with Gasteiger partial charge in [-0.25, -0.2) is 0 Å². The predicted octanol–water partition coefficient (Wildman–Crippen LogP) is 3.18. The number of ether oxygens (including phenoxy) is 2. The van der Waals surface area contributed by atoms with Crippen LogP contribution in [0.15, 0.2) is 48.8 Å². The Labute approximate surface area is 176 Å². The number of hydrogen-bond donors (Lipinski definition) is 0. The molecule has 0 saturated carbocycles. The summed E-state index contributed by atoms with van der Waals surface area (Å²) in [5.41, 5.74) is 0.982. The quantitative estimate of drug-likeness (QED) is 0.750. The molecule has 1 atom stereocenters. The fourth-order valence-corrected chi connectivity index (χ4v) is 4.09. The Morgan fingerprint density at radius 3 is 2.48 bits per heavy atom. The van der Waals surface area contributed by atoms with Crippen LogP contribution in [-0.2, 0) is 9.53 Å². The van der Waals surface area contributed by atoms with Gasteiger partial charge in [-0.05, 0) is 29.8 Å². The molecule has 154 valence electrons. The number of amides is 1. The highest BCUT2D eigenvalue weighted by molar-refractivity contribution is 6.30. The van der Waals surface area contributed by atoms with Crippen molar-refractivity contribution in [2.24, 2.45) is 0 Å². The molecule has 1 aromatic heterocycles. The number of piperidine rings is 1. The third-order valence-electron chi connectivity index (χ3n) is 5.52. The van der Waals surface area contributed by atoms with Gasteiger partial charge in [-0.2, -0.15) is 0 Å². The van der Waals surface area contributed by atoms with Crippen LogP contribution in [0.5, 0.6) is 5.75 Å². The van der Waals surface area contributed by atoms with Crippen molar-refractivity contribution < 1.29 is 14.3 Å². The van der Waals surface area contributed by atoms with Crippen molar-refractivity contribution in [2.45, 2.75) is 25.0 Å². The molecule has 0 radical (unpaired) electrons. The molecule has 0 N–H and O–H groups in total. The molecular weight excluding hydrogens is 390 g/mol. The first-order chi connectivity index (χ1) is 14.2. The predicted molar refractivity (Wildman–Crippen MR) is 111 cm³/mol. The lowest BCUT2D eigenvalue weighted by Crippen LogP contribution is -2.50. The highest BCUT2D eigenvalue weighted by Crippen LogP contribution is 2.28. The molecule has 0 unspecified atom stereocenters. The molecule has 0 spiro atoms. The minimum atomic E-state index is -0.299.